The standard InChI is InChI=1S/C15H17NO5/c1-18-11-3-4-12(19-2)14-10(11)9-13(21-14)15(17)16-5-7-20-8-6-16/h3-4,9H,5-8H2,1-2H3. The van der Waals surface area contributed by atoms with Gasteiger partial charge in [0, 0.05) is 19.2 Å². The van der Waals surface area contributed by atoms with Gasteiger partial charge in [0.25, 0.3) is 5.91 Å². The first kappa shape index (κ1) is 13.8. The molecule has 0 N–H and O–H groups in total. The summed E-state index contributed by atoms with van der Waals surface area (Å²) in [4.78, 5) is 14.2. The zero-order chi connectivity index (χ0) is 14.8. The highest BCUT2D eigenvalue weighted by Crippen LogP contribution is 2.35. The average Bonchev–Trinajstić information content (AvgIpc) is 2.99. The third-order valence-corrected chi connectivity index (χ3v) is 3.56. The summed E-state index contributed by atoms with van der Waals surface area (Å²) in [5.74, 6) is 1.37. The molecular formula is C15H17NO5. The monoisotopic (exact) mass is 291 g/mol. The quantitative estimate of drug-likeness (QED) is 0.864. The molecule has 0 radical (unpaired) electrons. The predicted molar refractivity (Wildman–Crippen MR) is 76.0 cm³/mol. The normalized spacial score (nSPS) is 15.2. The van der Waals surface area contributed by atoms with Crippen LogP contribution in [-0.2, 0) is 4.74 Å². The fourth-order valence-electron chi connectivity index (χ4n) is 2.44. The molecule has 2 aromatic rings. The van der Waals surface area contributed by atoms with Crippen LogP contribution in [0.3, 0.4) is 0 Å². The molecule has 1 aromatic heterocycles. The van der Waals surface area contributed by atoms with Crippen LogP contribution in [0.1, 0.15) is 10.6 Å². The summed E-state index contributed by atoms with van der Waals surface area (Å²) in [5.41, 5.74) is 0.522. The number of hydrogen-bond donors (Lipinski definition) is 0. The molecule has 1 amide bonds. The van der Waals surface area contributed by atoms with Crippen molar-refractivity contribution >= 4 is 16.9 Å². The molecule has 0 spiro atoms. The van der Waals surface area contributed by atoms with Crippen LogP contribution in [0.2, 0.25) is 0 Å². The highest BCUT2D eigenvalue weighted by molar-refractivity contribution is 5.99. The van der Waals surface area contributed by atoms with Crippen molar-refractivity contribution in [3.8, 4) is 11.5 Å². The Morgan fingerprint density at radius 2 is 1.81 bits per heavy atom. The number of carbonyl (C=O) groups excluding carboxylic acids is 1. The minimum absolute atomic E-state index is 0.140. The van der Waals surface area contributed by atoms with E-state index in [1.54, 1.807) is 37.3 Å². The first-order valence-electron chi connectivity index (χ1n) is 6.76. The average molecular weight is 291 g/mol. The molecule has 1 saturated heterocycles. The molecule has 0 aliphatic carbocycles. The van der Waals surface area contributed by atoms with Crippen molar-refractivity contribution < 1.29 is 23.4 Å². The van der Waals surface area contributed by atoms with Crippen molar-refractivity contribution in [3.63, 3.8) is 0 Å². The molecule has 0 unspecified atom stereocenters. The van der Waals surface area contributed by atoms with E-state index in [0.717, 1.165) is 5.39 Å². The van der Waals surface area contributed by atoms with Gasteiger partial charge in [0.15, 0.2) is 17.1 Å². The third kappa shape index (κ3) is 2.42. The van der Waals surface area contributed by atoms with Crippen molar-refractivity contribution in [1.29, 1.82) is 0 Å². The fourth-order valence-corrected chi connectivity index (χ4v) is 2.44. The van der Waals surface area contributed by atoms with E-state index in [0.29, 0.717) is 43.4 Å². The van der Waals surface area contributed by atoms with E-state index in [9.17, 15) is 4.79 Å². The SMILES string of the molecule is COc1ccc(OC)c2oc(C(=O)N3CCOCC3)cc12. The highest BCUT2D eigenvalue weighted by atomic mass is 16.5. The predicted octanol–water partition coefficient (Wildman–Crippen LogP) is 1.92. The van der Waals surface area contributed by atoms with Crippen LogP contribution in [0.5, 0.6) is 11.5 Å². The maximum Gasteiger partial charge on any atom is 0.289 e. The second kappa shape index (κ2) is 5.65. The molecule has 112 valence electrons. The van der Waals surface area contributed by atoms with Gasteiger partial charge in [-0.05, 0) is 12.1 Å². The highest BCUT2D eigenvalue weighted by Gasteiger charge is 2.23. The largest absolute Gasteiger partial charge is 0.496 e. The molecule has 1 aliphatic rings. The number of benzene rings is 1. The zero-order valence-corrected chi connectivity index (χ0v) is 12.0. The van der Waals surface area contributed by atoms with Crippen LogP contribution in [0, 0.1) is 0 Å². The van der Waals surface area contributed by atoms with Crippen LogP contribution in [-0.4, -0.2) is 51.3 Å². The second-order valence-electron chi connectivity index (χ2n) is 4.73. The summed E-state index contributed by atoms with van der Waals surface area (Å²) >= 11 is 0. The van der Waals surface area contributed by atoms with Crippen LogP contribution in [0.15, 0.2) is 22.6 Å². The summed E-state index contributed by atoms with van der Waals surface area (Å²) < 4.78 is 21.5. The van der Waals surface area contributed by atoms with Gasteiger partial charge in [0.1, 0.15) is 5.75 Å². The Kier molecular flexibility index (Phi) is 3.70. The number of fused-ring (bicyclic) bond motifs is 1. The molecule has 6 heteroatoms. The first-order chi connectivity index (χ1) is 10.2. The van der Waals surface area contributed by atoms with E-state index in [2.05, 4.69) is 0 Å². The first-order valence-corrected chi connectivity index (χ1v) is 6.76. The van der Waals surface area contributed by atoms with Crippen molar-refractivity contribution in [2.45, 2.75) is 0 Å². The molecule has 0 saturated carbocycles. The van der Waals surface area contributed by atoms with Gasteiger partial charge in [-0.25, -0.2) is 0 Å². The lowest BCUT2D eigenvalue weighted by Gasteiger charge is -2.25. The minimum atomic E-state index is -0.140. The van der Waals surface area contributed by atoms with Gasteiger partial charge >= 0.3 is 0 Å². The van der Waals surface area contributed by atoms with Gasteiger partial charge in [-0.15, -0.1) is 0 Å². The van der Waals surface area contributed by atoms with E-state index in [-0.39, 0.29) is 11.7 Å². The molecule has 1 aromatic carbocycles. The number of morpholine rings is 1. The van der Waals surface area contributed by atoms with E-state index in [1.807, 2.05) is 0 Å². The molecule has 3 rings (SSSR count). The van der Waals surface area contributed by atoms with Gasteiger partial charge in [0.05, 0.1) is 32.8 Å². The lowest BCUT2D eigenvalue weighted by Crippen LogP contribution is -2.40. The third-order valence-electron chi connectivity index (χ3n) is 3.56. The summed E-state index contributed by atoms with van der Waals surface area (Å²) in [5, 5.41) is 0.730. The number of amides is 1. The number of furan rings is 1. The van der Waals surface area contributed by atoms with Crippen molar-refractivity contribution in [2.24, 2.45) is 0 Å². The second-order valence-corrected chi connectivity index (χ2v) is 4.73. The molecule has 1 aliphatic heterocycles. The topological polar surface area (TPSA) is 61.1 Å². The number of carbonyl (C=O) groups is 1. The lowest BCUT2D eigenvalue weighted by molar-refractivity contribution is 0.0284. The van der Waals surface area contributed by atoms with Gasteiger partial charge in [-0.1, -0.05) is 0 Å². The van der Waals surface area contributed by atoms with Crippen LogP contribution in [0.4, 0.5) is 0 Å². The lowest BCUT2D eigenvalue weighted by atomic mass is 10.2. The summed E-state index contributed by atoms with van der Waals surface area (Å²) in [6, 6.07) is 5.25. The van der Waals surface area contributed by atoms with Gasteiger partial charge in [0.2, 0.25) is 0 Å². The fraction of sp³-hybridized carbons (Fsp3) is 0.400. The molecule has 0 atom stereocenters. The number of nitrogens with zero attached hydrogens (tertiary/aromatic N) is 1. The Bertz CT molecular complexity index is 616. The molecule has 1 fully saturated rings. The van der Waals surface area contributed by atoms with Gasteiger partial charge in [-0.3, -0.25) is 4.79 Å². The van der Waals surface area contributed by atoms with Crippen LogP contribution in [0.25, 0.3) is 11.0 Å². The Hall–Kier alpha value is -2.21. The van der Waals surface area contributed by atoms with Crippen molar-refractivity contribution in [1.82, 2.24) is 4.90 Å². The number of ether oxygens (including phenoxy) is 3. The summed E-state index contributed by atoms with van der Waals surface area (Å²) in [7, 11) is 3.14. The van der Waals surface area contributed by atoms with E-state index in [1.165, 1.54) is 0 Å². The maximum absolute atomic E-state index is 12.5. The van der Waals surface area contributed by atoms with Gasteiger partial charge in [-0.2, -0.15) is 0 Å². The maximum atomic E-state index is 12.5. The summed E-state index contributed by atoms with van der Waals surface area (Å²) in [6.07, 6.45) is 0. The molecule has 21 heavy (non-hydrogen) atoms. The van der Waals surface area contributed by atoms with Gasteiger partial charge < -0.3 is 23.5 Å². The Labute approximate surface area is 122 Å². The van der Waals surface area contributed by atoms with E-state index < -0.39 is 0 Å². The number of methoxy groups -OCH3 is 2. The molecule has 0 bridgehead atoms. The smallest absolute Gasteiger partial charge is 0.289 e. The summed E-state index contributed by atoms with van der Waals surface area (Å²) in [6.45, 7) is 2.26. The Morgan fingerprint density at radius 3 is 2.48 bits per heavy atom. The molecule has 6 nitrogen and oxygen atoms in total. The Balaban J connectivity index is 2.01. The minimum Gasteiger partial charge on any atom is -0.496 e. The van der Waals surface area contributed by atoms with Crippen LogP contribution < -0.4 is 9.47 Å². The van der Waals surface area contributed by atoms with Crippen LogP contribution >= 0.6 is 0 Å². The number of rotatable bonds is 3. The Morgan fingerprint density at radius 1 is 1.14 bits per heavy atom. The number of hydrogen-bond acceptors (Lipinski definition) is 5. The molecular weight excluding hydrogens is 274 g/mol. The van der Waals surface area contributed by atoms with E-state index in [4.69, 9.17) is 18.6 Å². The van der Waals surface area contributed by atoms with Crippen molar-refractivity contribution in [2.75, 3.05) is 40.5 Å². The van der Waals surface area contributed by atoms with Crippen molar-refractivity contribution in [3.05, 3.63) is 24.0 Å². The zero-order valence-electron chi connectivity index (χ0n) is 12.0. The molecule has 2 heterocycles. The van der Waals surface area contributed by atoms with E-state index >= 15 is 0 Å².